The molecule has 3 aromatic carbocycles. The van der Waals surface area contributed by atoms with E-state index in [1.165, 1.54) is 27.9 Å². The quantitative estimate of drug-likeness (QED) is 0.482. The van der Waals surface area contributed by atoms with Gasteiger partial charge in [0.15, 0.2) is 0 Å². The van der Waals surface area contributed by atoms with Gasteiger partial charge in [-0.25, -0.2) is 0 Å². The van der Waals surface area contributed by atoms with E-state index in [0.717, 1.165) is 43.9 Å². The molecule has 3 aromatic rings. The van der Waals surface area contributed by atoms with E-state index in [-0.39, 0.29) is 0 Å². The van der Waals surface area contributed by atoms with Crippen LogP contribution in [-0.2, 0) is 19.4 Å². The third-order valence-electron chi connectivity index (χ3n) is 6.50. The summed E-state index contributed by atoms with van der Waals surface area (Å²) in [5, 5.41) is 9.84. The van der Waals surface area contributed by atoms with Crippen molar-refractivity contribution in [3.8, 4) is 17.2 Å². The number of aromatic hydroxyl groups is 1. The molecule has 0 aromatic heterocycles. The molecule has 0 bridgehead atoms. The summed E-state index contributed by atoms with van der Waals surface area (Å²) in [6.45, 7) is 4.93. The maximum atomic E-state index is 9.84. The van der Waals surface area contributed by atoms with E-state index in [1.807, 2.05) is 18.2 Å². The number of benzene rings is 3. The fraction of sp³-hybridized carbons (Fsp3) is 0.357. The topological polar surface area (TPSA) is 68.0 Å². The second-order valence-corrected chi connectivity index (χ2v) is 8.61. The zero-order chi connectivity index (χ0) is 23.2. The number of phenolic OH excluding ortho intramolecular Hbond substituents is 1. The van der Waals surface area contributed by atoms with Gasteiger partial charge in [-0.05, 0) is 84.7 Å². The number of nitrogens with two attached hydrogens (primary N) is 1. The van der Waals surface area contributed by atoms with Gasteiger partial charge >= 0.3 is 0 Å². The maximum Gasteiger partial charge on any atom is 0.120 e. The Hall–Kier alpha value is -3.18. The lowest BCUT2D eigenvalue weighted by atomic mass is 9.79. The predicted octanol–water partition coefficient (Wildman–Crippen LogP) is 5.04. The monoisotopic (exact) mass is 446 g/mol. The highest BCUT2D eigenvalue weighted by atomic mass is 16.5. The van der Waals surface area contributed by atoms with Crippen LogP contribution in [0.5, 0.6) is 17.2 Å². The number of ether oxygens (including phenoxy) is 2. The standard InChI is InChI=1S/C28H34N2O3/c1-3-30(19-20-4-10-25(11-5-20)33-15-14-29)28-18-26(32-2)12-13-27(28)23-7-6-22-17-24(31)9-8-21(22)16-23/h4-5,8-13,17-18,23,31H,3,6-7,14-16,19,29H2,1-2H3. The number of phenols is 1. The van der Waals surface area contributed by atoms with Crippen molar-refractivity contribution in [3.63, 3.8) is 0 Å². The van der Waals surface area contributed by atoms with Gasteiger partial charge in [-0.15, -0.1) is 0 Å². The van der Waals surface area contributed by atoms with Gasteiger partial charge in [-0.1, -0.05) is 24.3 Å². The molecule has 0 spiro atoms. The Morgan fingerprint density at radius 3 is 2.52 bits per heavy atom. The minimum Gasteiger partial charge on any atom is -0.508 e. The van der Waals surface area contributed by atoms with Crippen LogP contribution in [0.25, 0.3) is 0 Å². The Bertz CT molecular complexity index is 1070. The summed E-state index contributed by atoms with van der Waals surface area (Å²) in [6, 6.07) is 20.5. The Kier molecular flexibility index (Phi) is 7.40. The molecule has 1 unspecified atom stereocenters. The average molecular weight is 447 g/mol. The molecule has 5 heteroatoms. The molecule has 5 nitrogen and oxygen atoms in total. The maximum absolute atomic E-state index is 9.84. The predicted molar refractivity (Wildman–Crippen MR) is 134 cm³/mol. The molecule has 0 saturated carbocycles. The van der Waals surface area contributed by atoms with Crippen LogP contribution in [0.2, 0.25) is 0 Å². The van der Waals surface area contributed by atoms with Gasteiger partial charge in [-0.2, -0.15) is 0 Å². The molecule has 0 amide bonds. The Morgan fingerprint density at radius 1 is 1.00 bits per heavy atom. The second kappa shape index (κ2) is 10.6. The van der Waals surface area contributed by atoms with Gasteiger partial charge in [0.05, 0.1) is 7.11 Å². The van der Waals surface area contributed by atoms with Crippen LogP contribution in [0.4, 0.5) is 5.69 Å². The first-order valence-corrected chi connectivity index (χ1v) is 11.8. The first kappa shape index (κ1) is 23.0. The van der Waals surface area contributed by atoms with Gasteiger partial charge in [0.1, 0.15) is 23.9 Å². The van der Waals surface area contributed by atoms with Crippen molar-refractivity contribution < 1.29 is 14.6 Å². The van der Waals surface area contributed by atoms with Crippen molar-refractivity contribution in [2.75, 3.05) is 31.7 Å². The zero-order valence-electron chi connectivity index (χ0n) is 19.6. The van der Waals surface area contributed by atoms with E-state index in [1.54, 1.807) is 13.2 Å². The normalized spacial score (nSPS) is 15.1. The number of anilines is 1. The molecule has 0 fully saturated rings. The highest BCUT2D eigenvalue weighted by Crippen LogP contribution is 2.40. The van der Waals surface area contributed by atoms with Crippen molar-refractivity contribution in [1.29, 1.82) is 0 Å². The van der Waals surface area contributed by atoms with Gasteiger partial charge in [0.2, 0.25) is 0 Å². The summed E-state index contributed by atoms with van der Waals surface area (Å²) in [6.07, 6.45) is 3.04. The minimum absolute atomic E-state index is 0.356. The van der Waals surface area contributed by atoms with Crippen LogP contribution in [0.3, 0.4) is 0 Å². The average Bonchev–Trinajstić information content (AvgIpc) is 2.86. The number of hydrogen-bond donors (Lipinski definition) is 2. The third-order valence-corrected chi connectivity index (χ3v) is 6.50. The van der Waals surface area contributed by atoms with Crippen LogP contribution in [0.1, 0.15) is 41.5 Å². The number of hydrogen-bond acceptors (Lipinski definition) is 5. The van der Waals surface area contributed by atoms with Crippen molar-refractivity contribution >= 4 is 5.69 Å². The van der Waals surface area contributed by atoms with Gasteiger partial charge in [-0.3, -0.25) is 0 Å². The Balaban J connectivity index is 1.59. The molecule has 0 heterocycles. The second-order valence-electron chi connectivity index (χ2n) is 8.61. The largest absolute Gasteiger partial charge is 0.508 e. The summed E-state index contributed by atoms with van der Waals surface area (Å²) >= 11 is 0. The van der Waals surface area contributed by atoms with Crippen molar-refractivity contribution in [2.45, 2.75) is 38.6 Å². The lowest BCUT2D eigenvalue weighted by molar-refractivity contribution is 0.328. The SMILES string of the molecule is CCN(Cc1ccc(OCCN)cc1)c1cc(OC)ccc1C1CCc2cc(O)ccc2C1. The first-order chi connectivity index (χ1) is 16.1. The lowest BCUT2D eigenvalue weighted by Gasteiger charge is -2.32. The highest BCUT2D eigenvalue weighted by Gasteiger charge is 2.24. The molecule has 0 saturated heterocycles. The van der Waals surface area contributed by atoms with Crippen LogP contribution in [0.15, 0.2) is 60.7 Å². The first-order valence-electron chi connectivity index (χ1n) is 11.8. The van der Waals surface area contributed by atoms with E-state index in [0.29, 0.717) is 24.8 Å². The number of fused-ring (bicyclic) bond motifs is 1. The number of nitrogens with zero attached hydrogens (tertiary/aromatic N) is 1. The number of rotatable bonds is 9. The molecule has 1 atom stereocenters. The zero-order valence-corrected chi connectivity index (χ0v) is 19.6. The minimum atomic E-state index is 0.356. The van der Waals surface area contributed by atoms with Crippen LogP contribution < -0.4 is 20.1 Å². The summed E-state index contributed by atoms with van der Waals surface area (Å²) < 4.78 is 11.2. The smallest absolute Gasteiger partial charge is 0.120 e. The van der Waals surface area contributed by atoms with Crippen molar-refractivity contribution in [1.82, 2.24) is 0 Å². The highest BCUT2D eigenvalue weighted by molar-refractivity contribution is 5.60. The number of methoxy groups -OCH3 is 1. The van der Waals surface area contributed by atoms with E-state index in [4.69, 9.17) is 15.2 Å². The Labute approximate surface area is 196 Å². The molecule has 174 valence electrons. The summed E-state index contributed by atoms with van der Waals surface area (Å²) in [4.78, 5) is 2.42. The summed E-state index contributed by atoms with van der Waals surface area (Å²) in [5.41, 5.74) is 12.0. The fourth-order valence-electron chi connectivity index (χ4n) is 4.73. The summed E-state index contributed by atoms with van der Waals surface area (Å²) in [5.74, 6) is 2.51. The molecule has 1 aliphatic carbocycles. The molecule has 0 aliphatic heterocycles. The number of aryl methyl sites for hydroxylation is 1. The molecule has 3 N–H and O–H groups in total. The van der Waals surface area contributed by atoms with E-state index in [2.05, 4.69) is 48.2 Å². The van der Waals surface area contributed by atoms with Gasteiger partial charge in [0.25, 0.3) is 0 Å². The van der Waals surface area contributed by atoms with Crippen LogP contribution in [0, 0.1) is 0 Å². The molecule has 33 heavy (non-hydrogen) atoms. The van der Waals surface area contributed by atoms with Crippen molar-refractivity contribution in [2.24, 2.45) is 5.73 Å². The van der Waals surface area contributed by atoms with E-state index in [9.17, 15) is 5.11 Å². The molecule has 0 radical (unpaired) electrons. The van der Waals surface area contributed by atoms with Crippen LogP contribution >= 0.6 is 0 Å². The molecular formula is C28H34N2O3. The van der Waals surface area contributed by atoms with Crippen molar-refractivity contribution in [3.05, 3.63) is 82.9 Å². The molecule has 1 aliphatic rings. The van der Waals surface area contributed by atoms with E-state index < -0.39 is 0 Å². The summed E-state index contributed by atoms with van der Waals surface area (Å²) in [7, 11) is 1.72. The lowest BCUT2D eigenvalue weighted by Crippen LogP contribution is -2.25. The van der Waals surface area contributed by atoms with Gasteiger partial charge in [0, 0.05) is 31.4 Å². The van der Waals surface area contributed by atoms with E-state index >= 15 is 0 Å². The third kappa shape index (κ3) is 5.42. The van der Waals surface area contributed by atoms with Crippen LogP contribution in [-0.4, -0.2) is 31.9 Å². The van der Waals surface area contributed by atoms with Gasteiger partial charge < -0.3 is 25.2 Å². The fourth-order valence-corrected chi connectivity index (χ4v) is 4.73. The Morgan fingerprint density at radius 2 is 1.79 bits per heavy atom. The molecule has 4 rings (SSSR count). The molecular weight excluding hydrogens is 412 g/mol.